The predicted molar refractivity (Wildman–Crippen MR) is 81.1 cm³/mol. The Morgan fingerprint density at radius 2 is 2.18 bits per heavy atom. The molecule has 0 bridgehead atoms. The third-order valence-electron chi connectivity index (χ3n) is 3.39. The number of benzene rings is 2. The number of halogens is 1. The summed E-state index contributed by atoms with van der Waals surface area (Å²) in [6.07, 6.45) is 0. The molecule has 3 rings (SSSR count). The molecule has 3 aromatic rings. The minimum atomic E-state index is -0.311. The first-order valence-corrected chi connectivity index (χ1v) is 6.66. The minimum Gasteiger partial charge on any atom is -0.496 e. The van der Waals surface area contributed by atoms with Crippen LogP contribution in [0, 0.1) is 17.1 Å². The number of nitrogens with one attached hydrogen (secondary N) is 2. The quantitative estimate of drug-likeness (QED) is 0.775. The molecule has 0 saturated carbocycles. The molecule has 0 aliphatic rings. The van der Waals surface area contributed by atoms with Gasteiger partial charge >= 0.3 is 0 Å². The van der Waals surface area contributed by atoms with E-state index in [1.54, 1.807) is 13.2 Å². The van der Waals surface area contributed by atoms with Crippen molar-refractivity contribution < 1.29 is 9.13 Å². The van der Waals surface area contributed by atoms with Gasteiger partial charge in [0.1, 0.15) is 17.6 Å². The monoisotopic (exact) mass is 296 g/mol. The number of ether oxygens (including phenoxy) is 1. The maximum absolute atomic E-state index is 13.3. The van der Waals surface area contributed by atoms with Crippen LogP contribution in [0.4, 0.5) is 10.1 Å². The van der Waals surface area contributed by atoms with Crippen molar-refractivity contribution in [3.8, 4) is 11.8 Å². The fraction of sp³-hybridized carbons (Fsp3) is 0.125. The summed E-state index contributed by atoms with van der Waals surface area (Å²) in [5.74, 6) is 0.311. The molecule has 0 aliphatic carbocycles. The molecule has 0 atom stereocenters. The van der Waals surface area contributed by atoms with Gasteiger partial charge in [0.15, 0.2) is 5.69 Å². The van der Waals surface area contributed by atoms with Gasteiger partial charge in [0.2, 0.25) is 0 Å². The Labute approximate surface area is 126 Å². The first kappa shape index (κ1) is 13.9. The Balaban J connectivity index is 1.85. The number of nitriles is 1. The lowest BCUT2D eigenvalue weighted by molar-refractivity contribution is 0.409. The largest absolute Gasteiger partial charge is 0.496 e. The van der Waals surface area contributed by atoms with E-state index >= 15 is 0 Å². The van der Waals surface area contributed by atoms with Crippen molar-refractivity contribution >= 4 is 16.6 Å². The maximum Gasteiger partial charge on any atom is 0.170 e. The van der Waals surface area contributed by atoms with E-state index in [0.29, 0.717) is 18.0 Å². The molecule has 0 fully saturated rings. The molecular formula is C16H13FN4O. The van der Waals surface area contributed by atoms with Crippen molar-refractivity contribution in [2.75, 3.05) is 12.4 Å². The number of aromatic amines is 1. The molecule has 110 valence electrons. The average molecular weight is 296 g/mol. The van der Waals surface area contributed by atoms with Crippen LogP contribution in [0.1, 0.15) is 11.3 Å². The fourth-order valence-electron chi connectivity index (χ4n) is 2.29. The van der Waals surface area contributed by atoms with Gasteiger partial charge in [0.05, 0.1) is 12.6 Å². The highest BCUT2D eigenvalue weighted by molar-refractivity contribution is 5.86. The first-order chi connectivity index (χ1) is 10.7. The standard InChI is InChI=1S/C16H13FN4O/c1-22-16-5-2-11(17)6-10(16)9-19-12-3-4-14-13(7-12)15(8-18)21-20-14/h2-7,19H,9H2,1H3,(H,20,21). The van der Waals surface area contributed by atoms with Crippen LogP contribution in [0.5, 0.6) is 5.75 Å². The van der Waals surface area contributed by atoms with Gasteiger partial charge in [-0.15, -0.1) is 0 Å². The summed E-state index contributed by atoms with van der Waals surface area (Å²) in [5.41, 5.74) is 2.68. The summed E-state index contributed by atoms with van der Waals surface area (Å²) in [4.78, 5) is 0. The Kier molecular flexibility index (Phi) is 3.62. The summed E-state index contributed by atoms with van der Waals surface area (Å²) in [6.45, 7) is 0.409. The molecular weight excluding hydrogens is 283 g/mol. The molecule has 22 heavy (non-hydrogen) atoms. The number of hydrogen-bond acceptors (Lipinski definition) is 4. The van der Waals surface area contributed by atoms with Crippen LogP contribution in [0.3, 0.4) is 0 Å². The Hall–Kier alpha value is -3.07. The average Bonchev–Trinajstić information content (AvgIpc) is 2.95. The van der Waals surface area contributed by atoms with E-state index in [2.05, 4.69) is 15.5 Å². The summed E-state index contributed by atoms with van der Waals surface area (Å²) >= 11 is 0. The van der Waals surface area contributed by atoms with E-state index in [4.69, 9.17) is 10.00 Å². The molecule has 1 aromatic heterocycles. The number of methoxy groups -OCH3 is 1. The lowest BCUT2D eigenvalue weighted by atomic mass is 10.1. The summed E-state index contributed by atoms with van der Waals surface area (Å²) in [7, 11) is 1.55. The molecule has 0 radical (unpaired) electrons. The second-order valence-electron chi connectivity index (χ2n) is 4.75. The van der Waals surface area contributed by atoms with E-state index < -0.39 is 0 Å². The molecule has 6 heteroatoms. The van der Waals surface area contributed by atoms with Crippen molar-refractivity contribution in [1.82, 2.24) is 10.2 Å². The van der Waals surface area contributed by atoms with Crippen molar-refractivity contribution in [2.24, 2.45) is 0 Å². The normalized spacial score (nSPS) is 10.4. The van der Waals surface area contributed by atoms with Crippen LogP contribution in [0.15, 0.2) is 36.4 Å². The van der Waals surface area contributed by atoms with Gasteiger partial charge in [0, 0.05) is 23.2 Å². The van der Waals surface area contributed by atoms with Gasteiger partial charge in [-0.3, -0.25) is 5.10 Å². The highest BCUT2D eigenvalue weighted by Crippen LogP contribution is 2.23. The zero-order valence-electron chi connectivity index (χ0n) is 11.9. The van der Waals surface area contributed by atoms with Gasteiger partial charge < -0.3 is 10.1 Å². The number of nitrogens with zero attached hydrogens (tertiary/aromatic N) is 2. The number of anilines is 1. The summed E-state index contributed by atoms with van der Waals surface area (Å²) in [5, 5.41) is 19.7. The Morgan fingerprint density at radius 3 is 2.95 bits per heavy atom. The van der Waals surface area contributed by atoms with Gasteiger partial charge in [-0.05, 0) is 36.4 Å². The van der Waals surface area contributed by atoms with E-state index in [9.17, 15) is 4.39 Å². The van der Waals surface area contributed by atoms with Crippen molar-refractivity contribution in [2.45, 2.75) is 6.54 Å². The van der Waals surface area contributed by atoms with E-state index in [-0.39, 0.29) is 5.82 Å². The Morgan fingerprint density at radius 1 is 1.32 bits per heavy atom. The van der Waals surface area contributed by atoms with Crippen LogP contribution in [-0.4, -0.2) is 17.3 Å². The number of rotatable bonds is 4. The van der Waals surface area contributed by atoms with Gasteiger partial charge in [0.25, 0.3) is 0 Å². The van der Waals surface area contributed by atoms with Gasteiger partial charge in [-0.2, -0.15) is 10.4 Å². The second kappa shape index (κ2) is 5.74. The molecule has 0 aliphatic heterocycles. The highest BCUT2D eigenvalue weighted by atomic mass is 19.1. The first-order valence-electron chi connectivity index (χ1n) is 6.66. The molecule has 0 amide bonds. The van der Waals surface area contributed by atoms with Crippen LogP contribution in [-0.2, 0) is 6.54 Å². The van der Waals surface area contributed by atoms with Crippen molar-refractivity contribution in [3.05, 3.63) is 53.5 Å². The molecule has 2 N–H and O–H groups in total. The molecule has 0 saturated heterocycles. The number of H-pyrrole nitrogens is 1. The zero-order valence-corrected chi connectivity index (χ0v) is 11.9. The summed E-state index contributed by atoms with van der Waals surface area (Å²) in [6, 6.07) is 12.0. The molecule has 5 nitrogen and oxygen atoms in total. The predicted octanol–water partition coefficient (Wildman–Crippen LogP) is 3.19. The smallest absolute Gasteiger partial charge is 0.170 e. The van der Waals surface area contributed by atoms with E-state index in [1.807, 2.05) is 24.3 Å². The fourth-order valence-corrected chi connectivity index (χ4v) is 2.29. The van der Waals surface area contributed by atoms with E-state index in [1.165, 1.54) is 12.1 Å². The third kappa shape index (κ3) is 2.56. The second-order valence-corrected chi connectivity index (χ2v) is 4.75. The SMILES string of the molecule is COc1ccc(F)cc1CNc1ccc2[nH]nc(C#N)c2c1. The van der Waals surface area contributed by atoms with Crippen molar-refractivity contribution in [1.29, 1.82) is 5.26 Å². The molecule has 1 heterocycles. The zero-order chi connectivity index (χ0) is 15.5. The molecule has 2 aromatic carbocycles. The van der Waals surface area contributed by atoms with E-state index in [0.717, 1.165) is 22.2 Å². The van der Waals surface area contributed by atoms with Crippen molar-refractivity contribution in [3.63, 3.8) is 0 Å². The highest BCUT2D eigenvalue weighted by Gasteiger charge is 2.07. The topological polar surface area (TPSA) is 73.7 Å². The summed E-state index contributed by atoms with van der Waals surface area (Å²) < 4.78 is 18.6. The van der Waals surface area contributed by atoms with Gasteiger partial charge in [-0.1, -0.05) is 0 Å². The van der Waals surface area contributed by atoms with Gasteiger partial charge in [-0.25, -0.2) is 4.39 Å². The molecule has 0 spiro atoms. The van der Waals surface area contributed by atoms with Crippen LogP contribution in [0.25, 0.3) is 10.9 Å². The molecule has 0 unspecified atom stereocenters. The maximum atomic E-state index is 13.3. The number of fused-ring (bicyclic) bond motifs is 1. The number of hydrogen-bond donors (Lipinski definition) is 2. The van der Waals surface area contributed by atoms with Crippen LogP contribution in [0.2, 0.25) is 0 Å². The Bertz CT molecular complexity index is 866. The third-order valence-corrected chi connectivity index (χ3v) is 3.39. The van der Waals surface area contributed by atoms with Crippen LogP contribution >= 0.6 is 0 Å². The lowest BCUT2D eigenvalue weighted by Gasteiger charge is -2.11. The minimum absolute atomic E-state index is 0.311. The lowest BCUT2D eigenvalue weighted by Crippen LogP contribution is -2.02. The number of aromatic nitrogens is 2. The van der Waals surface area contributed by atoms with Crippen LogP contribution < -0.4 is 10.1 Å².